The Morgan fingerprint density at radius 3 is 2.76 bits per heavy atom. The standard InChI is InChI=1S/C13H10O3S/c1-8-2-3-10(11(6-8)13(15)16)12-9(7-14)4-5-17-12/h2-7H,1H3,(H,15,16). The number of aromatic carboxylic acids is 1. The number of carbonyl (C=O) groups is 2. The lowest BCUT2D eigenvalue weighted by atomic mass is 10.0. The van der Waals surface area contributed by atoms with E-state index in [1.807, 2.05) is 13.0 Å². The molecular weight excluding hydrogens is 236 g/mol. The predicted octanol–water partition coefficient (Wildman–Crippen LogP) is 3.23. The van der Waals surface area contributed by atoms with Gasteiger partial charge in [-0.05, 0) is 24.4 Å². The molecule has 0 aliphatic rings. The van der Waals surface area contributed by atoms with Gasteiger partial charge in [-0.25, -0.2) is 4.79 Å². The number of thiophene rings is 1. The maximum absolute atomic E-state index is 11.2. The van der Waals surface area contributed by atoms with Gasteiger partial charge in [0.15, 0.2) is 6.29 Å². The highest BCUT2D eigenvalue weighted by molar-refractivity contribution is 7.14. The molecule has 0 aliphatic carbocycles. The molecule has 0 amide bonds. The topological polar surface area (TPSA) is 54.4 Å². The highest BCUT2D eigenvalue weighted by atomic mass is 32.1. The van der Waals surface area contributed by atoms with Crippen LogP contribution in [-0.2, 0) is 0 Å². The molecule has 0 saturated carbocycles. The van der Waals surface area contributed by atoms with E-state index in [0.717, 1.165) is 11.8 Å². The van der Waals surface area contributed by atoms with Crippen LogP contribution in [0, 0.1) is 6.92 Å². The van der Waals surface area contributed by atoms with Crippen molar-refractivity contribution in [2.24, 2.45) is 0 Å². The number of benzene rings is 1. The maximum atomic E-state index is 11.2. The van der Waals surface area contributed by atoms with E-state index in [-0.39, 0.29) is 5.56 Å². The van der Waals surface area contributed by atoms with Crippen LogP contribution in [0.2, 0.25) is 0 Å². The first-order chi connectivity index (χ1) is 8.13. The molecule has 0 aliphatic heterocycles. The van der Waals surface area contributed by atoms with E-state index in [1.165, 1.54) is 11.3 Å². The normalized spacial score (nSPS) is 10.2. The first-order valence-corrected chi connectivity index (χ1v) is 5.88. The molecular formula is C13H10O3S. The van der Waals surface area contributed by atoms with Crippen LogP contribution in [-0.4, -0.2) is 17.4 Å². The second-order valence-electron chi connectivity index (χ2n) is 3.68. The van der Waals surface area contributed by atoms with Crippen molar-refractivity contribution < 1.29 is 14.7 Å². The number of rotatable bonds is 3. The lowest BCUT2D eigenvalue weighted by Crippen LogP contribution is -2.00. The molecule has 1 aromatic heterocycles. The van der Waals surface area contributed by atoms with Crippen molar-refractivity contribution in [3.63, 3.8) is 0 Å². The number of hydrogen-bond acceptors (Lipinski definition) is 3. The molecule has 0 saturated heterocycles. The third-order valence-electron chi connectivity index (χ3n) is 2.47. The Bertz CT molecular complexity index is 584. The van der Waals surface area contributed by atoms with E-state index in [1.54, 1.807) is 23.6 Å². The van der Waals surface area contributed by atoms with Crippen LogP contribution in [0.25, 0.3) is 10.4 Å². The molecule has 2 rings (SSSR count). The van der Waals surface area contributed by atoms with Crippen molar-refractivity contribution in [3.8, 4) is 10.4 Å². The van der Waals surface area contributed by atoms with Crippen molar-refractivity contribution in [2.45, 2.75) is 6.92 Å². The van der Waals surface area contributed by atoms with Gasteiger partial charge in [-0.2, -0.15) is 0 Å². The minimum absolute atomic E-state index is 0.232. The minimum atomic E-state index is -0.978. The molecule has 2 aromatic rings. The van der Waals surface area contributed by atoms with Crippen molar-refractivity contribution in [3.05, 3.63) is 46.3 Å². The second-order valence-corrected chi connectivity index (χ2v) is 4.59. The number of carboxylic acids is 1. The van der Waals surface area contributed by atoms with E-state index in [4.69, 9.17) is 5.11 Å². The molecule has 1 heterocycles. The summed E-state index contributed by atoms with van der Waals surface area (Å²) in [6.07, 6.45) is 0.747. The average Bonchev–Trinajstić information content (AvgIpc) is 2.76. The fourth-order valence-corrected chi connectivity index (χ4v) is 2.57. The molecule has 3 nitrogen and oxygen atoms in total. The van der Waals surface area contributed by atoms with E-state index in [2.05, 4.69) is 0 Å². The molecule has 17 heavy (non-hydrogen) atoms. The Morgan fingerprint density at radius 2 is 2.12 bits per heavy atom. The zero-order valence-corrected chi connectivity index (χ0v) is 9.95. The Hall–Kier alpha value is -1.94. The highest BCUT2D eigenvalue weighted by Crippen LogP contribution is 2.31. The zero-order chi connectivity index (χ0) is 12.4. The Labute approximate surface area is 102 Å². The summed E-state index contributed by atoms with van der Waals surface area (Å²) < 4.78 is 0. The second kappa shape index (κ2) is 4.51. The average molecular weight is 246 g/mol. The van der Waals surface area contributed by atoms with E-state index in [9.17, 15) is 9.59 Å². The summed E-state index contributed by atoms with van der Waals surface area (Å²) in [6, 6.07) is 6.90. The summed E-state index contributed by atoms with van der Waals surface area (Å²) in [5, 5.41) is 11.0. The van der Waals surface area contributed by atoms with Crippen LogP contribution < -0.4 is 0 Å². The van der Waals surface area contributed by atoms with Crippen molar-refractivity contribution in [1.82, 2.24) is 0 Å². The summed E-state index contributed by atoms with van der Waals surface area (Å²) in [5.41, 5.74) is 2.24. The molecule has 0 bridgehead atoms. The summed E-state index contributed by atoms with van der Waals surface area (Å²) in [5.74, 6) is -0.978. The molecule has 0 unspecified atom stereocenters. The van der Waals surface area contributed by atoms with Gasteiger partial charge in [0, 0.05) is 16.0 Å². The number of carboxylic acid groups (broad SMARTS) is 1. The SMILES string of the molecule is Cc1ccc(-c2sccc2C=O)c(C(=O)O)c1. The summed E-state index contributed by atoms with van der Waals surface area (Å²) in [6.45, 7) is 1.84. The molecule has 86 valence electrons. The quantitative estimate of drug-likeness (QED) is 0.846. The number of aldehydes is 1. The van der Waals surface area contributed by atoms with Gasteiger partial charge < -0.3 is 5.11 Å². The number of hydrogen-bond donors (Lipinski definition) is 1. The smallest absolute Gasteiger partial charge is 0.336 e. The lowest BCUT2D eigenvalue weighted by molar-refractivity contribution is 0.0697. The minimum Gasteiger partial charge on any atom is -0.478 e. The monoisotopic (exact) mass is 246 g/mol. The van der Waals surface area contributed by atoms with Crippen LogP contribution in [0.3, 0.4) is 0 Å². The molecule has 0 spiro atoms. The molecule has 0 radical (unpaired) electrons. The van der Waals surface area contributed by atoms with E-state index < -0.39 is 5.97 Å². The van der Waals surface area contributed by atoms with Gasteiger partial charge in [0.05, 0.1) is 5.56 Å². The van der Waals surface area contributed by atoms with Crippen LogP contribution in [0.15, 0.2) is 29.6 Å². The van der Waals surface area contributed by atoms with Gasteiger partial charge in [-0.15, -0.1) is 11.3 Å². The number of aryl methyl sites for hydroxylation is 1. The van der Waals surface area contributed by atoms with Crippen LogP contribution >= 0.6 is 11.3 Å². The molecule has 1 N–H and O–H groups in total. The first kappa shape index (κ1) is 11.5. The van der Waals surface area contributed by atoms with Gasteiger partial charge in [-0.3, -0.25) is 4.79 Å². The largest absolute Gasteiger partial charge is 0.478 e. The van der Waals surface area contributed by atoms with Crippen LogP contribution in [0.5, 0.6) is 0 Å². The fraction of sp³-hybridized carbons (Fsp3) is 0.0769. The van der Waals surface area contributed by atoms with Crippen molar-refractivity contribution in [1.29, 1.82) is 0 Å². The predicted molar refractivity (Wildman–Crippen MR) is 66.8 cm³/mol. The molecule has 1 aromatic carbocycles. The van der Waals surface area contributed by atoms with Gasteiger partial charge in [-0.1, -0.05) is 17.7 Å². The number of carbonyl (C=O) groups excluding carboxylic acids is 1. The van der Waals surface area contributed by atoms with Crippen molar-refractivity contribution >= 4 is 23.6 Å². The first-order valence-electron chi connectivity index (χ1n) is 5.00. The summed E-state index contributed by atoms with van der Waals surface area (Å²) >= 11 is 1.37. The maximum Gasteiger partial charge on any atom is 0.336 e. The van der Waals surface area contributed by atoms with Crippen LogP contribution in [0.4, 0.5) is 0 Å². The summed E-state index contributed by atoms with van der Waals surface area (Å²) in [7, 11) is 0. The van der Waals surface area contributed by atoms with E-state index >= 15 is 0 Å². The fourth-order valence-electron chi connectivity index (χ4n) is 1.66. The highest BCUT2D eigenvalue weighted by Gasteiger charge is 2.15. The Morgan fingerprint density at radius 1 is 1.35 bits per heavy atom. The summed E-state index contributed by atoms with van der Waals surface area (Å²) in [4.78, 5) is 22.8. The zero-order valence-electron chi connectivity index (χ0n) is 9.14. The lowest BCUT2D eigenvalue weighted by Gasteiger charge is -2.06. The van der Waals surface area contributed by atoms with Gasteiger partial charge in [0.1, 0.15) is 0 Å². The Kier molecular flexibility index (Phi) is 3.06. The van der Waals surface area contributed by atoms with Gasteiger partial charge >= 0.3 is 5.97 Å². The van der Waals surface area contributed by atoms with Gasteiger partial charge in [0.25, 0.3) is 0 Å². The molecule has 0 fully saturated rings. The third kappa shape index (κ3) is 2.12. The third-order valence-corrected chi connectivity index (χ3v) is 3.44. The van der Waals surface area contributed by atoms with Crippen molar-refractivity contribution in [2.75, 3.05) is 0 Å². The van der Waals surface area contributed by atoms with Gasteiger partial charge in [0.2, 0.25) is 0 Å². The van der Waals surface area contributed by atoms with Crippen LogP contribution in [0.1, 0.15) is 26.3 Å². The molecule has 4 heteroatoms. The molecule has 0 atom stereocenters. The van der Waals surface area contributed by atoms with E-state index in [0.29, 0.717) is 16.0 Å². The Balaban J connectivity index is 2.67.